The van der Waals surface area contributed by atoms with Crippen LogP contribution in [0.2, 0.25) is 44.8 Å². The van der Waals surface area contributed by atoms with E-state index < -0.39 is 35.0 Å². The molecule has 0 fully saturated rings. The molecule has 1 N–H and O–H groups in total. The zero-order valence-electron chi connectivity index (χ0n) is 30.3. The van der Waals surface area contributed by atoms with Crippen LogP contribution in [0.25, 0.3) is 0 Å². The van der Waals surface area contributed by atoms with Crippen LogP contribution in [-0.4, -0.2) is 104 Å². The van der Waals surface area contributed by atoms with Gasteiger partial charge in [-0.3, -0.25) is 0 Å². The first-order valence-corrected chi connectivity index (χ1v) is 29.2. The van der Waals surface area contributed by atoms with Crippen molar-refractivity contribution in [1.29, 1.82) is 0 Å². The topological polar surface area (TPSA) is 61.4 Å². The van der Waals surface area contributed by atoms with Gasteiger partial charge in [-0.15, -0.1) is 0 Å². The molecule has 0 aliphatic rings. The van der Waals surface area contributed by atoms with Gasteiger partial charge in [0.25, 0.3) is 0 Å². The fourth-order valence-electron chi connectivity index (χ4n) is 6.24. The van der Waals surface area contributed by atoms with Gasteiger partial charge >= 0.3 is 17.4 Å². The van der Waals surface area contributed by atoms with Crippen molar-refractivity contribution in [1.82, 2.24) is 5.32 Å². The Bertz CT molecular complexity index is 900. The van der Waals surface area contributed by atoms with E-state index in [0.717, 1.165) is 32.1 Å². The molecule has 1 unspecified atom stereocenters. The lowest BCUT2D eigenvalue weighted by molar-refractivity contribution is 0.0708. The molecule has 12 heteroatoms. The molecule has 7 nitrogen and oxygen atoms in total. The highest BCUT2D eigenvalue weighted by Gasteiger charge is 2.41. The lowest BCUT2D eigenvalue weighted by Crippen LogP contribution is -2.48. The molecule has 0 amide bonds. The molecule has 0 aliphatic heterocycles. The summed E-state index contributed by atoms with van der Waals surface area (Å²) in [6.07, 6.45) is 3.42. The van der Waals surface area contributed by atoms with Gasteiger partial charge in [-0.05, 0) is 83.0 Å². The third kappa shape index (κ3) is 11.6. The van der Waals surface area contributed by atoms with Crippen LogP contribution in [0.5, 0.6) is 0 Å². The Morgan fingerprint density at radius 3 is 1.91 bits per heavy atom. The van der Waals surface area contributed by atoms with E-state index in [9.17, 15) is 0 Å². The summed E-state index contributed by atoms with van der Waals surface area (Å²) >= 11 is 0. The van der Waals surface area contributed by atoms with Gasteiger partial charge in [0.15, 0.2) is 0 Å². The van der Waals surface area contributed by atoms with Crippen molar-refractivity contribution in [2.45, 2.75) is 105 Å². The second-order valence-corrected chi connectivity index (χ2v) is 26.4. The van der Waals surface area contributed by atoms with Crippen molar-refractivity contribution in [3.63, 3.8) is 0 Å². The van der Waals surface area contributed by atoms with Crippen LogP contribution in [0.1, 0.15) is 64.6 Å². The average Bonchev–Trinajstić information content (AvgIpc) is 2.98. The Hall–Kier alpha value is -0.136. The van der Waals surface area contributed by atoms with Crippen molar-refractivity contribution in [3.05, 3.63) is 17.2 Å². The van der Waals surface area contributed by atoms with Gasteiger partial charge in [0, 0.05) is 73.9 Å². The monoisotopic (exact) mass is 688 g/mol. The zero-order chi connectivity index (χ0) is 32.6. The first-order chi connectivity index (χ1) is 20.5. The van der Waals surface area contributed by atoms with Crippen molar-refractivity contribution in [2.24, 2.45) is 0 Å². The van der Waals surface area contributed by atoms with Gasteiger partial charge in [0.1, 0.15) is 0 Å². The van der Waals surface area contributed by atoms with E-state index >= 15 is 0 Å². The van der Waals surface area contributed by atoms with Gasteiger partial charge in [-0.1, -0.05) is 50.4 Å². The van der Waals surface area contributed by atoms with Crippen LogP contribution in [0, 0.1) is 0 Å². The van der Waals surface area contributed by atoms with E-state index in [1.54, 1.807) is 21.6 Å². The first-order valence-electron chi connectivity index (χ1n) is 17.1. The quantitative estimate of drug-likeness (QED) is 0.130. The Balaban J connectivity index is 3.18. The maximum Gasteiger partial charge on any atom is 0.500 e. The first kappa shape index (κ1) is 40.9. The average molecular weight is 689 g/mol. The molecule has 0 aliphatic carbocycles. The molecular weight excluding hydrogens is 621 g/mol. The van der Waals surface area contributed by atoms with Crippen LogP contribution in [0.15, 0.2) is 6.07 Å². The molecule has 1 atom stereocenters. The smallest absolute Gasteiger partial charge is 0.397 e. The molecule has 1 aromatic rings. The van der Waals surface area contributed by atoms with Crippen molar-refractivity contribution < 1.29 is 22.1 Å². The highest BCUT2D eigenvalue weighted by molar-refractivity contribution is 6.76. The second kappa shape index (κ2) is 20.9. The minimum atomic E-state index is -2.54. The Morgan fingerprint density at radius 2 is 1.47 bits per heavy atom. The molecule has 0 heterocycles. The van der Waals surface area contributed by atoms with Crippen LogP contribution in [-0.2, 0) is 28.6 Å². The molecule has 0 aromatic heterocycles. The van der Waals surface area contributed by atoms with Gasteiger partial charge in [-0.2, -0.15) is 0 Å². The fourth-order valence-corrected chi connectivity index (χ4v) is 15.4. The van der Waals surface area contributed by atoms with Crippen molar-refractivity contribution in [2.75, 3.05) is 64.7 Å². The van der Waals surface area contributed by atoms with E-state index in [2.05, 4.69) is 69.8 Å². The summed E-state index contributed by atoms with van der Waals surface area (Å²) in [5.74, 6) is 0. The largest absolute Gasteiger partial charge is 0.500 e. The van der Waals surface area contributed by atoms with Gasteiger partial charge < -0.3 is 32.3 Å². The summed E-state index contributed by atoms with van der Waals surface area (Å²) in [5, 5.41) is 7.07. The van der Waals surface area contributed by atoms with E-state index in [1.165, 1.54) is 24.2 Å². The van der Waals surface area contributed by atoms with Gasteiger partial charge in [0.05, 0.1) is 17.6 Å². The van der Waals surface area contributed by atoms with E-state index in [-0.39, 0.29) is 15.1 Å². The van der Waals surface area contributed by atoms with E-state index in [4.69, 9.17) is 22.1 Å². The van der Waals surface area contributed by atoms with Gasteiger partial charge in [0.2, 0.25) is 0 Å². The number of hydrogen-bond donors (Lipinski definition) is 1. The summed E-state index contributed by atoms with van der Waals surface area (Å²) in [5.41, 5.74) is 5.06. The number of nitrogens with zero attached hydrogens (tertiary/aromatic N) is 1. The maximum absolute atomic E-state index is 6.11. The minimum absolute atomic E-state index is 0.222. The molecule has 1 rings (SSSR count). The van der Waals surface area contributed by atoms with Crippen LogP contribution < -0.4 is 20.6 Å². The summed E-state index contributed by atoms with van der Waals surface area (Å²) in [6, 6.07) is 4.84. The highest BCUT2D eigenvalue weighted by Crippen LogP contribution is 2.31. The summed E-state index contributed by atoms with van der Waals surface area (Å²) in [4.78, 5) is 2.66. The molecular formula is C31H68N2O5Si5. The number of hydrogen-bond acceptors (Lipinski definition) is 7. The fraction of sp³-hybridized carbons (Fsp3) is 0.806. The SMILES string of the molecule is CCO[Si](CCCNC[SiH2]CCc1c([SiH](C)C)cc(C(C)[Si](C)(OC)OC)c([SiH](C)C)c1N(CC)CC)(OCC)OCC. The molecule has 0 radical (unpaired) electrons. The lowest BCUT2D eigenvalue weighted by atomic mass is 10.0. The van der Waals surface area contributed by atoms with Crippen LogP contribution in [0.4, 0.5) is 5.69 Å². The van der Waals surface area contributed by atoms with Crippen molar-refractivity contribution in [3.8, 4) is 0 Å². The van der Waals surface area contributed by atoms with Crippen LogP contribution >= 0.6 is 0 Å². The molecule has 0 saturated heterocycles. The highest BCUT2D eigenvalue weighted by atomic mass is 28.4. The number of benzene rings is 1. The van der Waals surface area contributed by atoms with E-state index in [0.29, 0.717) is 19.8 Å². The zero-order valence-corrected chi connectivity index (χ0v) is 36.0. The van der Waals surface area contributed by atoms with Gasteiger partial charge in [-0.25, -0.2) is 0 Å². The van der Waals surface area contributed by atoms with E-state index in [1.807, 2.05) is 35.0 Å². The molecule has 0 bridgehead atoms. The summed E-state index contributed by atoms with van der Waals surface area (Å²) < 4.78 is 30.3. The Morgan fingerprint density at radius 1 is 0.907 bits per heavy atom. The third-order valence-electron chi connectivity index (χ3n) is 8.81. The predicted molar refractivity (Wildman–Crippen MR) is 201 cm³/mol. The Labute approximate surface area is 273 Å². The number of rotatable bonds is 24. The second-order valence-electron chi connectivity index (χ2n) is 12.2. The van der Waals surface area contributed by atoms with Crippen LogP contribution in [0.3, 0.4) is 0 Å². The van der Waals surface area contributed by atoms with Crippen molar-refractivity contribution >= 4 is 60.5 Å². The summed E-state index contributed by atoms with van der Waals surface area (Å²) in [6.45, 7) is 30.4. The minimum Gasteiger partial charge on any atom is -0.397 e. The predicted octanol–water partition coefficient (Wildman–Crippen LogP) is 4.04. The molecule has 252 valence electrons. The normalized spacial score (nSPS) is 13.7. The summed E-state index contributed by atoms with van der Waals surface area (Å²) in [7, 11) is -3.66. The molecule has 0 spiro atoms. The number of anilines is 1. The molecule has 1 aromatic carbocycles. The third-order valence-corrected chi connectivity index (χ3v) is 20.6. The Kier molecular flexibility index (Phi) is 19.9. The standard InChI is InChI=1S/C31H68N2O5Si5/c1-14-33(15-2)30-27(20-22-39-25-32-21-19-23-43(36-16-3,37-17-4)38-18-5)29(40(9)10)24-28(31(30)41(11)12)26(6)42(13,34-7)35-8/h24,26,32,40-41H,14-23,25,39H2,1-13H3. The molecule has 43 heavy (non-hydrogen) atoms. The number of nitrogens with one attached hydrogen (secondary N) is 1. The lowest BCUT2D eigenvalue weighted by Gasteiger charge is -2.37. The maximum atomic E-state index is 6.11. The molecule has 0 saturated carbocycles.